The molecular formula is C11H15F. The summed E-state index contributed by atoms with van der Waals surface area (Å²) >= 11 is 0. The van der Waals surface area contributed by atoms with Crippen LogP contribution in [0.15, 0.2) is 30.3 Å². The molecule has 0 aliphatic heterocycles. The number of hydrogen-bond donors (Lipinski definition) is 0. The monoisotopic (exact) mass is 166 g/mol. The summed E-state index contributed by atoms with van der Waals surface area (Å²) in [7, 11) is 0. The number of benzene rings is 1. The highest BCUT2D eigenvalue weighted by Crippen LogP contribution is 2.07. The minimum Gasteiger partial charge on any atom is -0.206 e. The number of allylic oxidation sites excluding steroid dienone is 1. The molecule has 1 aromatic carbocycles. The zero-order valence-electron chi connectivity index (χ0n) is 7.84. The highest BCUT2D eigenvalue weighted by Gasteiger charge is 1.92. The van der Waals surface area contributed by atoms with Crippen LogP contribution >= 0.6 is 0 Å². The maximum Gasteiger partial charge on any atom is 0.130 e. The third-order valence-corrected chi connectivity index (χ3v) is 1.25. The van der Waals surface area contributed by atoms with Crippen molar-refractivity contribution in [2.45, 2.75) is 20.8 Å². The SMILES string of the molecule is C/C=C/c1ccccc1F.CC. The molecule has 0 aliphatic rings. The first-order valence-corrected chi connectivity index (χ1v) is 4.22. The Hall–Kier alpha value is -1.11. The van der Waals surface area contributed by atoms with E-state index in [4.69, 9.17) is 0 Å². The van der Waals surface area contributed by atoms with Crippen molar-refractivity contribution in [3.8, 4) is 0 Å². The van der Waals surface area contributed by atoms with Gasteiger partial charge in [-0.1, -0.05) is 44.2 Å². The van der Waals surface area contributed by atoms with Gasteiger partial charge in [-0.2, -0.15) is 0 Å². The van der Waals surface area contributed by atoms with Crippen LogP contribution in [-0.2, 0) is 0 Å². The topological polar surface area (TPSA) is 0 Å². The van der Waals surface area contributed by atoms with Gasteiger partial charge in [-0.25, -0.2) is 4.39 Å². The van der Waals surface area contributed by atoms with Crippen LogP contribution in [0.5, 0.6) is 0 Å². The molecule has 1 heteroatoms. The van der Waals surface area contributed by atoms with Gasteiger partial charge in [-0.3, -0.25) is 0 Å². The summed E-state index contributed by atoms with van der Waals surface area (Å²) in [6.07, 6.45) is 3.56. The van der Waals surface area contributed by atoms with Crippen LogP contribution in [0.2, 0.25) is 0 Å². The van der Waals surface area contributed by atoms with E-state index in [0.29, 0.717) is 5.56 Å². The highest BCUT2D eigenvalue weighted by molar-refractivity contribution is 5.49. The molecule has 1 rings (SSSR count). The summed E-state index contributed by atoms with van der Waals surface area (Å²) in [5.41, 5.74) is 0.644. The Kier molecular flexibility index (Phi) is 5.98. The number of hydrogen-bond acceptors (Lipinski definition) is 0. The molecule has 0 spiro atoms. The van der Waals surface area contributed by atoms with E-state index in [9.17, 15) is 4.39 Å². The minimum atomic E-state index is -0.166. The van der Waals surface area contributed by atoms with Gasteiger partial charge in [0.2, 0.25) is 0 Å². The van der Waals surface area contributed by atoms with Crippen molar-refractivity contribution in [1.29, 1.82) is 0 Å². The molecule has 12 heavy (non-hydrogen) atoms. The molecule has 0 aliphatic carbocycles. The van der Waals surface area contributed by atoms with Gasteiger partial charge in [0.05, 0.1) is 0 Å². The Labute approximate surface area is 73.7 Å². The van der Waals surface area contributed by atoms with E-state index in [1.165, 1.54) is 6.07 Å². The van der Waals surface area contributed by atoms with Crippen LogP contribution in [0.3, 0.4) is 0 Å². The molecule has 0 saturated carbocycles. The van der Waals surface area contributed by atoms with Crippen LogP contribution < -0.4 is 0 Å². The van der Waals surface area contributed by atoms with Gasteiger partial charge >= 0.3 is 0 Å². The van der Waals surface area contributed by atoms with Crippen LogP contribution in [0, 0.1) is 5.82 Å². The summed E-state index contributed by atoms with van der Waals surface area (Å²) in [5.74, 6) is -0.166. The van der Waals surface area contributed by atoms with Gasteiger partial charge in [0.15, 0.2) is 0 Å². The third-order valence-electron chi connectivity index (χ3n) is 1.25. The van der Waals surface area contributed by atoms with Gasteiger partial charge in [-0.15, -0.1) is 0 Å². The van der Waals surface area contributed by atoms with Gasteiger partial charge in [0.1, 0.15) is 5.82 Å². The van der Waals surface area contributed by atoms with Crippen molar-refractivity contribution >= 4 is 6.08 Å². The molecule has 0 radical (unpaired) electrons. The minimum absolute atomic E-state index is 0.166. The Morgan fingerprint density at radius 3 is 2.25 bits per heavy atom. The summed E-state index contributed by atoms with van der Waals surface area (Å²) in [6.45, 7) is 5.87. The Morgan fingerprint density at radius 1 is 1.17 bits per heavy atom. The standard InChI is InChI=1S/C9H9F.C2H6/c1-2-5-8-6-3-4-7-9(8)10;1-2/h2-7H,1H3;1-2H3/b5-2+;. The maximum atomic E-state index is 12.7. The molecule has 0 saturated heterocycles. The lowest BCUT2D eigenvalue weighted by Crippen LogP contribution is -1.77. The second kappa shape index (κ2) is 6.59. The smallest absolute Gasteiger partial charge is 0.130 e. The zero-order valence-corrected chi connectivity index (χ0v) is 7.84. The average molecular weight is 166 g/mol. The van der Waals surface area contributed by atoms with E-state index < -0.39 is 0 Å². The highest BCUT2D eigenvalue weighted by atomic mass is 19.1. The predicted molar refractivity (Wildman–Crippen MR) is 52.5 cm³/mol. The van der Waals surface area contributed by atoms with E-state index in [-0.39, 0.29) is 5.82 Å². The van der Waals surface area contributed by atoms with Crippen LogP contribution in [0.25, 0.3) is 6.08 Å². The molecule has 66 valence electrons. The van der Waals surface area contributed by atoms with Crippen LogP contribution in [0.4, 0.5) is 4.39 Å². The van der Waals surface area contributed by atoms with Crippen LogP contribution in [-0.4, -0.2) is 0 Å². The molecule has 0 bridgehead atoms. The van der Waals surface area contributed by atoms with Gasteiger partial charge in [-0.05, 0) is 13.0 Å². The second-order valence-electron chi connectivity index (χ2n) is 2.02. The first kappa shape index (κ1) is 10.9. The van der Waals surface area contributed by atoms with E-state index in [1.807, 2.05) is 32.9 Å². The number of halogens is 1. The van der Waals surface area contributed by atoms with Crippen molar-refractivity contribution in [1.82, 2.24) is 0 Å². The lowest BCUT2D eigenvalue weighted by Gasteiger charge is -1.92. The van der Waals surface area contributed by atoms with Crippen molar-refractivity contribution in [3.05, 3.63) is 41.7 Å². The first-order valence-electron chi connectivity index (χ1n) is 4.22. The Morgan fingerprint density at radius 2 is 1.75 bits per heavy atom. The van der Waals surface area contributed by atoms with E-state index in [2.05, 4.69) is 0 Å². The Balaban J connectivity index is 0.000000561. The third kappa shape index (κ3) is 3.33. The summed E-state index contributed by atoms with van der Waals surface area (Å²) in [4.78, 5) is 0. The molecule has 0 unspecified atom stereocenters. The largest absolute Gasteiger partial charge is 0.206 e. The van der Waals surface area contributed by atoms with Gasteiger partial charge in [0, 0.05) is 5.56 Å². The quantitative estimate of drug-likeness (QED) is 0.593. The fourth-order valence-corrected chi connectivity index (χ4v) is 0.790. The molecule has 0 nitrogen and oxygen atoms in total. The second-order valence-corrected chi connectivity index (χ2v) is 2.02. The maximum absolute atomic E-state index is 12.7. The van der Waals surface area contributed by atoms with Crippen LogP contribution in [0.1, 0.15) is 26.3 Å². The van der Waals surface area contributed by atoms with Crippen molar-refractivity contribution < 1.29 is 4.39 Å². The first-order chi connectivity index (χ1) is 5.84. The van der Waals surface area contributed by atoms with Crippen molar-refractivity contribution in [3.63, 3.8) is 0 Å². The van der Waals surface area contributed by atoms with E-state index in [1.54, 1.807) is 18.2 Å². The fourth-order valence-electron chi connectivity index (χ4n) is 0.790. The molecule has 0 aromatic heterocycles. The molecule has 0 amide bonds. The molecule has 0 heterocycles. The summed E-state index contributed by atoms with van der Waals surface area (Å²) < 4.78 is 12.7. The molecule has 0 fully saturated rings. The molecular weight excluding hydrogens is 151 g/mol. The zero-order chi connectivity index (χ0) is 9.40. The molecule has 0 atom stereocenters. The van der Waals surface area contributed by atoms with Gasteiger partial charge in [0.25, 0.3) is 0 Å². The molecule has 0 N–H and O–H groups in total. The molecule has 1 aromatic rings. The van der Waals surface area contributed by atoms with Crippen molar-refractivity contribution in [2.75, 3.05) is 0 Å². The van der Waals surface area contributed by atoms with E-state index >= 15 is 0 Å². The van der Waals surface area contributed by atoms with Gasteiger partial charge < -0.3 is 0 Å². The fraction of sp³-hybridized carbons (Fsp3) is 0.273. The van der Waals surface area contributed by atoms with E-state index in [0.717, 1.165) is 0 Å². The van der Waals surface area contributed by atoms with Crippen molar-refractivity contribution in [2.24, 2.45) is 0 Å². The summed E-state index contributed by atoms with van der Waals surface area (Å²) in [6, 6.07) is 6.70. The lowest BCUT2D eigenvalue weighted by atomic mass is 10.2. The normalized spacial score (nSPS) is 9.33. The Bertz CT molecular complexity index is 239. The lowest BCUT2D eigenvalue weighted by molar-refractivity contribution is 0.625. The predicted octanol–water partition coefficient (Wildman–Crippen LogP) is 3.89. The number of rotatable bonds is 1. The summed E-state index contributed by atoms with van der Waals surface area (Å²) in [5, 5.41) is 0. The average Bonchev–Trinajstić information content (AvgIpc) is 2.13.